The van der Waals surface area contributed by atoms with Gasteiger partial charge in [0, 0.05) is 53.6 Å². The first kappa shape index (κ1) is 62.8. The number of likely N-dealkylation sites (N-methyl/N-ethyl adjacent to an activating group) is 2. The zero-order chi connectivity index (χ0) is 55.4. The third kappa shape index (κ3) is 17.6. The van der Waals surface area contributed by atoms with Gasteiger partial charge in [0.2, 0.25) is 47.3 Å². The van der Waals surface area contributed by atoms with Crippen molar-refractivity contribution in [3.63, 3.8) is 0 Å². The molecule has 0 bridgehead atoms. The Kier molecular flexibility index (Phi) is 26.1. The Balaban J connectivity index is 1.58. The molecule has 5 N–H and O–H groups in total. The molecule has 0 spiro atoms. The van der Waals surface area contributed by atoms with Crippen molar-refractivity contribution >= 4 is 47.3 Å². The van der Waals surface area contributed by atoms with Gasteiger partial charge in [0.1, 0.15) is 12.1 Å². The molecule has 8 amide bonds. The lowest BCUT2D eigenvalue weighted by atomic mass is 9.89. The van der Waals surface area contributed by atoms with E-state index >= 15 is 0 Å². The molecule has 1 unspecified atom stereocenters. The van der Waals surface area contributed by atoms with Crippen molar-refractivity contribution < 1.29 is 52.9 Å². The summed E-state index contributed by atoms with van der Waals surface area (Å²) in [6.45, 7) is 21.7. The van der Waals surface area contributed by atoms with Gasteiger partial charge in [0.05, 0.1) is 54.7 Å². The average Bonchev–Trinajstić information content (AvgIpc) is 3.97. The number of amides is 8. The number of imide groups is 1. The maximum Gasteiger partial charge on any atom is 0.245 e. The minimum Gasteiger partial charge on any atom is -0.386 e. The molecule has 1 aromatic rings. The lowest BCUT2D eigenvalue weighted by molar-refractivity contribution is -0.148. The molecule has 1 aromatic carbocycles. The van der Waals surface area contributed by atoms with Gasteiger partial charge in [-0.25, -0.2) is 0 Å². The van der Waals surface area contributed by atoms with E-state index in [4.69, 9.17) is 9.47 Å². The fraction of sp³-hybridized carbons (Fsp3) is 0.673. The lowest BCUT2D eigenvalue weighted by Gasteiger charge is -2.41. The molecule has 2 fully saturated rings. The highest BCUT2D eigenvalue weighted by atomic mass is 16.5. The Morgan fingerprint density at radius 3 is 2.08 bits per heavy atom. The average molecular weight is 1040 g/mol. The quantitative estimate of drug-likeness (QED) is 0.0305. The largest absolute Gasteiger partial charge is 0.386 e. The number of hydrogen-bond acceptors (Lipinski definition) is 12. The number of aliphatic hydroxyl groups is 1. The number of methoxy groups -OCH3 is 2. The number of benzene rings is 1. The Hall–Kier alpha value is -5.50. The van der Waals surface area contributed by atoms with Crippen molar-refractivity contribution in [1.29, 1.82) is 0 Å². The van der Waals surface area contributed by atoms with Gasteiger partial charge < -0.3 is 35.0 Å². The fourth-order valence-electron chi connectivity index (χ4n) is 10.2. The molecule has 0 aromatic heterocycles. The first-order valence-corrected chi connectivity index (χ1v) is 26.4. The second-order valence-corrected chi connectivity index (χ2v) is 20.6. The second-order valence-electron chi connectivity index (χ2n) is 20.6. The predicted octanol–water partition coefficient (Wildman–Crippen LogP) is 4.21. The van der Waals surface area contributed by atoms with Crippen LogP contribution in [0, 0.1) is 23.7 Å². The van der Waals surface area contributed by atoms with Crippen LogP contribution in [0.2, 0.25) is 0 Å². The molecule has 0 saturated carbocycles. The van der Waals surface area contributed by atoms with Crippen LogP contribution in [0.4, 0.5) is 0 Å². The highest BCUT2D eigenvalue weighted by molar-refractivity contribution is 6.04. The van der Waals surface area contributed by atoms with E-state index in [1.54, 1.807) is 61.7 Å². The van der Waals surface area contributed by atoms with Gasteiger partial charge in [-0.1, -0.05) is 96.0 Å². The topological polar surface area (TPSA) is 236 Å². The number of carbonyl (C=O) groups excluding carboxylic acids is 8. The van der Waals surface area contributed by atoms with Gasteiger partial charge in [0.25, 0.3) is 0 Å². The van der Waals surface area contributed by atoms with E-state index in [0.717, 1.165) is 0 Å². The van der Waals surface area contributed by atoms with E-state index in [1.807, 2.05) is 45.9 Å². The summed E-state index contributed by atoms with van der Waals surface area (Å²) < 4.78 is 12.0. The van der Waals surface area contributed by atoms with Gasteiger partial charge in [0.15, 0.2) is 0 Å². The number of unbranched alkanes of at least 4 members (excludes halogenated alkanes) is 2. The van der Waals surface area contributed by atoms with Crippen LogP contribution in [0.25, 0.3) is 0 Å². The molecule has 2 aliphatic heterocycles. The number of nitrogens with one attached hydrogen (secondary N) is 4. The second kappa shape index (κ2) is 30.8. The molecule has 19 nitrogen and oxygen atoms in total. The molecule has 2 saturated heterocycles. The number of aliphatic hydroxyl groups excluding tert-OH is 1. The summed E-state index contributed by atoms with van der Waals surface area (Å²) in [6, 6.07) is 5.78. The number of likely N-dealkylation sites (tertiary alicyclic amines) is 2. The zero-order valence-corrected chi connectivity index (χ0v) is 46.0. The van der Waals surface area contributed by atoms with E-state index in [0.29, 0.717) is 75.7 Å². The van der Waals surface area contributed by atoms with Crippen LogP contribution < -0.4 is 21.5 Å². The first-order chi connectivity index (χ1) is 35.0. The molecule has 3 rings (SSSR count). The zero-order valence-electron chi connectivity index (χ0n) is 46.0. The Morgan fingerprint density at radius 1 is 0.892 bits per heavy atom. The monoisotopic (exact) mass is 1040 g/mol. The molecule has 2 heterocycles. The van der Waals surface area contributed by atoms with Crippen LogP contribution >= 0.6 is 0 Å². The van der Waals surface area contributed by atoms with Crippen molar-refractivity contribution in [2.75, 3.05) is 47.9 Å². The molecule has 2 aliphatic rings. The molecule has 74 heavy (non-hydrogen) atoms. The van der Waals surface area contributed by atoms with Crippen LogP contribution in [0.1, 0.15) is 131 Å². The number of ether oxygens (including phenoxy) is 2. The van der Waals surface area contributed by atoms with Crippen molar-refractivity contribution in [2.24, 2.45) is 23.7 Å². The van der Waals surface area contributed by atoms with Crippen LogP contribution in [-0.2, 0) is 47.8 Å². The van der Waals surface area contributed by atoms with Gasteiger partial charge in [-0.15, -0.1) is 6.58 Å². The lowest BCUT2D eigenvalue weighted by Crippen LogP contribution is -2.59. The summed E-state index contributed by atoms with van der Waals surface area (Å²) in [7, 11) is 6.46. The number of carbonyl (C=O) groups is 8. The minimum absolute atomic E-state index is 0.0469. The van der Waals surface area contributed by atoms with Crippen molar-refractivity contribution in [2.45, 2.75) is 168 Å². The van der Waals surface area contributed by atoms with E-state index in [9.17, 15) is 43.5 Å². The van der Waals surface area contributed by atoms with E-state index in [1.165, 1.54) is 25.2 Å². The molecule has 0 aliphatic carbocycles. The Labute approximate surface area is 439 Å². The van der Waals surface area contributed by atoms with Gasteiger partial charge in [-0.2, -0.15) is 0 Å². The molecule has 19 heteroatoms. The normalized spacial score (nSPS) is 19.4. The predicted molar refractivity (Wildman–Crippen MR) is 282 cm³/mol. The number of nitrogens with zero attached hydrogens (tertiary/aromatic N) is 4. The fourth-order valence-corrected chi connectivity index (χ4v) is 10.2. The maximum absolute atomic E-state index is 14.6. The van der Waals surface area contributed by atoms with Crippen LogP contribution in [0.5, 0.6) is 0 Å². The summed E-state index contributed by atoms with van der Waals surface area (Å²) in [6.07, 6.45) is 3.55. The summed E-state index contributed by atoms with van der Waals surface area (Å²) in [5.74, 6) is -4.10. The number of rotatable bonds is 31. The first-order valence-electron chi connectivity index (χ1n) is 26.4. The number of hydrogen-bond donors (Lipinski definition) is 5. The third-order valence-electron chi connectivity index (χ3n) is 14.7. The van der Waals surface area contributed by atoms with Gasteiger partial charge in [-0.3, -0.25) is 59.0 Å². The molecular formula is C55H88N8O11. The van der Waals surface area contributed by atoms with Crippen LogP contribution in [-0.4, -0.2) is 162 Å². The summed E-state index contributed by atoms with van der Waals surface area (Å²) in [4.78, 5) is 112. The Bertz CT molecular complexity index is 2070. The molecule has 0 radical (unpaired) electrons. The Morgan fingerprint density at radius 2 is 1.53 bits per heavy atom. The van der Waals surface area contributed by atoms with E-state index in [2.05, 4.69) is 34.6 Å². The highest BCUT2D eigenvalue weighted by Gasteiger charge is 2.44. The van der Waals surface area contributed by atoms with Crippen molar-refractivity contribution in [3.8, 4) is 0 Å². The minimum atomic E-state index is -0.949. The van der Waals surface area contributed by atoms with Crippen LogP contribution in [0.15, 0.2) is 55.1 Å². The third-order valence-corrected chi connectivity index (χ3v) is 14.7. The maximum atomic E-state index is 14.6. The SMILES string of the molecule is C=CC1CC(=O)N(CCCCCC(=O)NNC(=O)CCCN(C)[C@@H](C(=C)C)C(=O)N[C@H](C(=O)N(C)[C@@H]([C@@H](C)CC)[C@@H](CC(=O)N2CCC[C@H]2[C@H](OC)[C@@H](C)C(=O)N[C@@H](C)[C@H](O)c2ccccc2)OC)C(C)C)C1=O. The number of hydrazine groups is 1. The molecule has 11 atom stereocenters. The van der Waals surface area contributed by atoms with Crippen molar-refractivity contribution in [1.82, 2.24) is 41.1 Å². The molecule has 414 valence electrons. The smallest absolute Gasteiger partial charge is 0.245 e. The van der Waals surface area contributed by atoms with Crippen molar-refractivity contribution in [3.05, 3.63) is 60.7 Å². The standard InChI is InChI=1S/C55H88N8O11/c1-14-36(7)49(42(73-12)33-46(67)62-31-22-26-41(62)51(74-13)37(8)52(69)56-38(9)50(68)40-24-18-16-19-25-40)61(11)55(72)47(34(3)4)57-53(70)48(35(5)6)60(10)29-23-28-44(65)59-58-43(64)27-20-17-21-30-63-45(66)32-39(15-2)54(63)71/h15-16,18-19,24-25,34,36-39,41-42,47-51,68H,2,5,14,17,20-23,26-33H2,1,3-4,6-13H3,(H,56,69)(H,57,70)(H,58,64)(H,59,65)/t36-,37+,38-,39?,41-,42+,47-,48-,49-,50-,51+/m0/s1. The van der Waals surface area contributed by atoms with Gasteiger partial charge in [-0.05, 0) is 76.9 Å². The highest BCUT2D eigenvalue weighted by Crippen LogP contribution is 2.30. The summed E-state index contributed by atoms with van der Waals surface area (Å²) >= 11 is 0. The summed E-state index contributed by atoms with van der Waals surface area (Å²) in [5, 5.41) is 16.8. The summed E-state index contributed by atoms with van der Waals surface area (Å²) in [5.41, 5.74) is 6.06. The van der Waals surface area contributed by atoms with E-state index in [-0.39, 0.29) is 73.0 Å². The van der Waals surface area contributed by atoms with Crippen LogP contribution in [0.3, 0.4) is 0 Å². The molecular weight excluding hydrogens is 949 g/mol. The van der Waals surface area contributed by atoms with Gasteiger partial charge >= 0.3 is 0 Å². The van der Waals surface area contributed by atoms with E-state index < -0.39 is 72.2 Å².